The molecule has 0 heterocycles. The Kier molecular flexibility index (Phi) is 5.54. The number of carbonyl (C=O) groups is 2. The number of nitrogens with zero attached hydrogens (tertiary/aromatic N) is 2. The lowest BCUT2D eigenvalue weighted by Crippen LogP contribution is -2.42. The van der Waals surface area contributed by atoms with Crippen molar-refractivity contribution in [3.8, 4) is 0 Å². The minimum absolute atomic E-state index is 0.0261. The molecule has 0 fully saturated rings. The summed E-state index contributed by atoms with van der Waals surface area (Å²) < 4.78 is 4.45. The van der Waals surface area contributed by atoms with Crippen LogP contribution in [0.3, 0.4) is 0 Å². The standard InChI is InChI=1S/C12H13N3O8/c1-6-3-7(4-8(11(16)23-2)13-12(17)18)5-9(14(19)20)10(6)15(21)22/h3,5,8,13H,4H2,1-2H3,(H,17,18). The number of methoxy groups -OCH3 is 1. The summed E-state index contributed by atoms with van der Waals surface area (Å²) in [6.07, 6.45) is -1.73. The van der Waals surface area contributed by atoms with Crippen molar-refractivity contribution in [2.24, 2.45) is 0 Å². The van der Waals surface area contributed by atoms with Gasteiger partial charge in [-0.1, -0.05) is 0 Å². The second-order valence-corrected chi connectivity index (χ2v) is 4.52. The lowest BCUT2D eigenvalue weighted by Gasteiger charge is -2.14. The second kappa shape index (κ2) is 7.15. The van der Waals surface area contributed by atoms with Crippen molar-refractivity contribution >= 4 is 23.4 Å². The highest BCUT2D eigenvalue weighted by molar-refractivity contribution is 5.81. The largest absolute Gasteiger partial charge is 0.467 e. The van der Waals surface area contributed by atoms with Gasteiger partial charge in [0.2, 0.25) is 0 Å². The molecule has 0 aliphatic heterocycles. The highest BCUT2D eigenvalue weighted by atomic mass is 16.6. The quantitative estimate of drug-likeness (QED) is 0.446. The number of ether oxygens (including phenoxy) is 1. The number of rotatable bonds is 6. The summed E-state index contributed by atoms with van der Waals surface area (Å²) in [7, 11) is 1.06. The molecule has 0 bridgehead atoms. The molecule has 1 atom stereocenters. The van der Waals surface area contributed by atoms with Crippen LogP contribution in [0.25, 0.3) is 0 Å². The molecule has 0 saturated carbocycles. The van der Waals surface area contributed by atoms with E-state index in [2.05, 4.69) is 4.74 Å². The topological polar surface area (TPSA) is 162 Å². The SMILES string of the molecule is COC(=O)C(Cc1cc(C)c([N+](=O)[O-])c([N+](=O)[O-])c1)NC(=O)O. The molecule has 2 N–H and O–H groups in total. The van der Waals surface area contributed by atoms with Crippen LogP contribution in [0.15, 0.2) is 12.1 Å². The number of carbonyl (C=O) groups excluding carboxylic acids is 1. The van der Waals surface area contributed by atoms with Crippen LogP contribution in [0.1, 0.15) is 11.1 Å². The van der Waals surface area contributed by atoms with E-state index in [0.717, 1.165) is 13.2 Å². The maximum Gasteiger partial charge on any atom is 0.405 e. The smallest absolute Gasteiger partial charge is 0.405 e. The Morgan fingerprint density at radius 2 is 1.91 bits per heavy atom. The van der Waals surface area contributed by atoms with Crippen LogP contribution < -0.4 is 5.32 Å². The van der Waals surface area contributed by atoms with Gasteiger partial charge in [0, 0.05) is 18.1 Å². The number of nitrogens with one attached hydrogen (secondary N) is 1. The third-order valence-corrected chi connectivity index (χ3v) is 2.94. The fourth-order valence-corrected chi connectivity index (χ4v) is 2.05. The van der Waals surface area contributed by atoms with E-state index in [1.807, 2.05) is 5.32 Å². The van der Waals surface area contributed by atoms with Crippen LogP contribution in [0.4, 0.5) is 16.2 Å². The minimum Gasteiger partial charge on any atom is -0.467 e. The van der Waals surface area contributed by atoms with Crippen molar-refractivity contribution in [1.29, 1.82) is 0 Å². The average Bonchev–Trinajstić information content (AvgIpc) is 2.43. The molecule has 0 aromatic heterocycles. The van der Waals surface area contributed by atoms with E-state index >= 15 is 0 Å². The zero-order valence-corrected chi connectivity index (χ0v) is 12.1. The third-order valence-electron chi connectivity index (χ3n) is 2.94. The summed E-state index contributed by atoms with van der Waals surface area (Å²) in [6.45, 7) is 1.31. The van der Waals surface area contributed by atoms with E-state index < -0.39 is 39.3 Å². The van der Waals surface area contributed by atoms with Crippen molar-refractivity contribution in [1.82, 2.24) is 5.32 Å². The first kappa shape index (κ1) is 17.8. The molecule has 23 heavy (non-hydrogen) atoms. The van der Waals surface area contributed by atoms with Gasteiger partial charge in [0.15, 0.2) is 0 Å². The summed E-state index contributed by atoms with van der Waals surface area (Å²) >= 11 is 0. The Morgan fingerprint density at radius 1 is 1.30 bits per heavy atom. The molecule has 1 amide bonds. The summed E-state index contributed by atoms with van der Waals surface area (Å²) in [6, 6.07) is 0.924. The number of aryl methyl sites for hydroxylation is 1. The summed E-state index contributed by atoms with van der Waals surface area (Å²) in [4.78, 5) is 42.4. The highest BCUT2D eigenvalue weighted by Gasteiger charge is 2.29. The van der Waals surface area contributed by atoms with Crippen LogP contribution in [0.2, 0.25) is 0 Å². The zero-order chi connectivity index (χ0) is 17.7. The molecular weight excluding hydrogens is 314 g/mol. The lowest BCUT2D eigenvalue weighted by molar-refractivity contribution is -0.422. The number of carboxylic acid groups (broad SMARTS) is 1. The molecule has 1 unspecified atom stereocenters. The first-order valence-electron chi connectivity index (χ1n) is 6.17. The van der Waals surface area contributed by atoms with Gasteiger partial charge in [0.25, 0.3) is 0 Å². The fourth-order valence-electron chi connectivity index (χ4n) is 2.05. The summed E-state index contributed by atoms with van der Waals surface area (Å²) in [5.41, 5.74) is -1.18. The molecular formula is C12H13N3O8. The Balaban J connectivity index is 3.27. The third kappa shape index (κ3) is 4.36. The van der Waals surface area contributed by atoms with Gasteiger partial charge >= 0.3 is 23.4 Å². The van der Waals surface area contributed by atoms with Crippen molar-refractivity contribution < 1.29 is 29.3 Å². The van der Waals surface area contributed by atoms with E-state index in [-0.39, 0.29) is 17.5 Å². The Bertz CT molecular complexity index is 673. The summed E-state index contributed by atoms with van der Waals surface area (Å²) in [5, 5.41) is 32.5. The van der Waals surface area contributed by atoms with Gasteiger partial charge in [-0.3, -0.25) is 20.2 Å². The number of esters is 1. The van der Waals surface area contributed by atoms with Gasteiger partial charge in [-0.2, -0.15) is 0 Å². The van der Waals surface area contributed by atoms with Crippen molar-refractivity contribution in [3.05, 3.63) is 43.5 Å². The van der Waals surface area contributed by atoms with E-state index in [4.69, 9.17) is 5.11 Å². The van der Waals surface area contributed by atoms with Crippen LogP contribution in [0.5, 0.6) is 0 Å². The number of amides is 1. The molecule has 0 saturated heterocycles. The number of nitro groups is 2. The van der Waals surface area contributed by atoms with E-state index in [1.165, 1.54) is 13.0 Å². The van der Waals surface area contributed by atoms with Gasteiger partial charge in [-0.05, 0) is 18.6 Å². The normalized spacial score (nSPS) is 11.4. The monoisotopic (exact) mass is 327 g/mol. The molecule has 0 spiro atoms. The van der Waals surface area contributed by atoms with Crippen LogP contribution >= 0.6 is 0 Å². The minimum atomic E-state index is -1.48. The zero-order valence-electron chi connectivity index (χ0n) is 12.1. The van der Waals surface area contributed by atoms with Gasteiger partial charge < -0.3 is 15.2 Å². The molecule has 1 aromatic rings. The van der Waals surface area contributed by atoms with Crippen molar-refractivity contribution in [2.45, 2.75) is 19.4 Å². The molecule has 1 rings (SSSR count). The molecule has 1 aromatic carbocycles. The Hall–Kier alpha value is -3.24. The van der Waals surface area contributed by atoms with Crippen LogP contribution in [-0.2, 0) is 16.0 Å². The van der Waals surface area contributed by atoms with Gasteiger partial charge in [0.1, 0.15) is 6.04 Å². The Morgan fingerprint density at radius 3 is 2.35 bits per heavy atom. The molecule has 124 valence electrons. The fraction of sp³-hybridized carbons (Fsp3) is 0.333. The van der Waals surface area contributed by atoms with Crippen LogP contribution in [0, 0.1) is 27.2 Å². The Labute approximate surface area is 129 Å². The first-order valence-corrected chi connectivity index (χ1v) is 6.17. The first-order chi connectivity index (χ1) is 10.7. The van der Waals surface area contributed by atoms with Crippen LogP contribution in [-0.4, -0.2) is 40.2 Å². The van der Waals surface area contributed by atoms with E-state index in [9.17, 15) is 29.8 Å². The predicted octanol–water partition coefficient (Wildman–Crippen LogP) is 1.16. The number of hydrogen-bond donors (Lipinski definition) is 2. The summed E-state index contributed by atoms with van der Waals surface area (Å²) in [5.74, 6) is -0.883. The second-order valence-electron chi connectivity index (χ2n) is 4.52. The maximum atomic E-state index is 11.5. The molecule has 11 nitrogen and oxygen atoms in total. The van der Waals surface area contributed by atoms with Crippen molar-refractivity contribution in [3.63, 3.8) is 0 Å². The molecule has 0 radical (unpaired) electrons. The van der Waals surface area contributed by atoms with Gasteiger partial charge in [0.05, 0.1) is 17.0 Å². The maximum absolute atomic E-state index is 11.5. The number of nitro benzene ring substituents is 2. The molecule has 0 aliphatic carbocycles. The lowest BCUT2D eigenvalue weighted by atomic mass is 10.0. The number of hydrogen-bond acceptors (Lipinski definition) is 7. The van der Waals surface area contributed by atoms with Gasteiger partial charge in [-0.15, -0.1) is 0 Å². The molecule has 0 aliphatic rings. The van der Waals surface area contributed by atoms with Gasteiger partial charge in [-0.25, -0.2) is 9.59 Å². The van der Waals surface area contributed by atoms with Crippen molar-refractivity contribution in [2.75, 3.05) is 7.11 Å². The highest BCUT2D eigenvalue weighted by Crippen LogP contribution is 2.32. The molecule has 11 heteroatoms. The van der Waals surface area contributed by atoms with E-state index in [0.29, 0.717) is 0 Å². The number of benzene rings is 1. The average molecular weight is 327 g/mol. The predicted molar refractivity (Wildman–Crippen MR) is 75.2 cm³/mol. The van der Waals surface area contributed by atoms with E-state index in [1.54, 1.807) is 0 Å².